The summed E-state index contributed by atoms with van der Waals surface area (Å²) < 4.78 is 12.8. The summed E-state index contributed by atoms with van der Waals surface area (Å²) in [6, 6.07) is 37.4. The molecule has 11 nitrogen and oxygen atoms in total. The van der Waals surface area contributed by atoms with Gasteiger partial charge >= 0.3 is 5.97 Å². The molecule has 2 amide bonds. The van der Waals surface area contributed by atoms with E-state index in [9.17, 15) is 15.3 Å². The summed E-state index contributed by atoms with van der Waals surface area (Å²) in [5, 5.41) is 39.0. The molecule has 1 spiro atoms. The van der Waals surface area contributed by atoms with Crippen molar-refractivity contribution < 1.29 is 39.2 Å². The first-order valence-corrected chi connectivity index (χ1v) is 21.9. The highest BCUT2D eigenvalue weighted by molar-refractivity contribution is 6.12. The molecule has 1 saturated carbocycles. The highest BCUT2D eigenvalue weighted by atomic mass is 16.6. The van der Waals surface area contributed by atoms with Crippen molar-refractivity contribution in [1.29, 1.82) is 0 Å². The van der Waals surface area contributed by atoms with Gasteiger partial charge in [-0.2, -0.15) is 0 Å². The zero-order valence-electron chi connectivity index (χ0n) is 34.9. The molecule has 0 aromatic heterocycles. The third-order valence-corrected chi connectivity index (χ3v) is 13.2. The lowest BCUT2D eigenvalue weighted by Crippen LogP contribution is -2.55. The fraction of sp³-hybridized carbons (Fsp3) is 0.327. The van der Waals surface area contributed by atoms with Gasteiger partial charge in [-0.15, -0.1) is 0 Å². The summed E-state index contributed by atoms with van der Waals surface area (Å²) in [4.78, 5) is 48.2. The van der Waals surface area contributed by atoms with E-state index in [1.807, 2.05) is 83.8 Å². The SMILES string of the molecule is O=C1O[C@H](c2ccccc2)[C@H](c2ccccc2)N2[C@H]1[C@@H](C(=O)NC[C@H](O)c1ccccc1)[C@]1(C(=O)Nc3ccc(C#CC4(O)CCCCCC4)cc31)[C@H]2c1ccccc1OCCO. The van der Waals surface area contributed by atoms with Crippen molar-refractivity contribution in [3.05, 3.63) is 167 Å². The second-order valence-electron chi connectivity index (χ2n) is 17.0. The van der Waals surface area contributed by atoms with E-state index >= 15 is 14.4 Å². The van der Waals surface area contributed by atoms with Gasteiger partial charge in [0.2, 0.25) is 11.8 Å². The summed E-state index contributed by atoms with van der Waals surface area (Å²) in [6.07, 6.45) is 2.95. The van der Waals surface area contributed by atoms with E-state index in [1.165, 1.54) is 0 Å². The molecule has 4 aliphatic rings. The van der Waals surface area contributed by atoms with Crippen molar-refractivity contribution in [3.8, 4) is 17.6 Å². The number of ether oxygens (including phenoxy) is 2. The van der Waals surface area contributed by atoms with Crippen LogP contribution in [0.1, 0.15) is 96.2 Å². The van der Waals surface area contributed by atoms with Crippen LogP contribution in [0.15, 0.2) is 133 Å². The molecule has 9 rings (SSSR count). The van der Waals surface area contributed by atoms with Gasteiger partial charge in [-0.25, -0.2) is 0 Å². The summed E-state index contributed by atoms with van der Waals surface area (Å²) in [5.74, 6) is 3.50. The summed E-state index contributed by atoms with van der Waals surface area (Å²) >= 11 is 0. The van der Waals surface area contributed by atoms with Gasteiger partial charge in [-0.1, -0.05) is 134 Å². The van der Waals surface area contributed by atoms with Gasteiger partial charge in [0, 0.05) is 23.4 Å². The normalized spacial score (nSPS) is 25.3. The predicted molar refractivity (Wildman–Crippen MR) is 236 cm³/mol. The smallest absolute Gasteiger partial charge is 0.324 e. The van der Waals surface area contributed by atoms with Crippen LogP contribution in [0.2, 0.25) is 0 Å². The molecule has 322 valence electrons. The molecular formula is C52H51N3O8. The number of nitrogens with one attached hydrogen (secondary N) is 2. The number of esters is 1. The van der Waals surface area contributed by atoms with E-state index in [-0.39, 0.29) is 19.8 Å². The van der Waals surface area contributed by atoms with Crippen LogP contribution < -0.4 is 15.4 Å². The van der Waals surface area contributed by atoms with E-state index in [4.69, 9.17) is 9.47 Å². The number of para-hydroxylation sites is 1. The first-order valence-electron chi connectivity index (χ1n) is 21.9. The van der Waals surface area contributed by atoms with Gasteiger partial charge in [-0.3, -0.25) is 19.3 Å². The number of aliphatic hydroxyl groups is 3. The minimum absolute atomic E-state index is 0.0519. The monoisotopic (exact) mass is 845 g/mol. The molecule has 3 heterocycles. The largest absolute Gasteiger partial charge is 0.491 e. The Hall–Kier alpha value is -6.29. The van der Waals surface area contributed by atoms with E-state index in [0.29, 0.717) is 46.5 Å². The van der Waals surface area contributed by atoms with Crippen molar-refractivity contribution in [2.45, 2.75) is 79.9 Å². The quantitative estimate of drug-likeness (QED) is 0.0593. The number of nitrogens with zero attached hydrogens (tertiary/aromatic N) is 1. The Morgan fingerprint density at radius 3 is 2.19 bits per heavy atom. The minimum Gasteiger partial charge on any atom is -0.491 e. The van der Waals surface area contributed by atoms with E-state index in [1.54, 1.807) is 54.6 Å². The van der Waals surface area contributed by atoms with Crippen molar-refractivity contribution in [3.63, 3.8) is 0 Å². The second-order valence-corrected chi connectivity index (χ2v) is 17.0. The molecule has 0 bridgehead atoms. The second kappa shape index (κ2) is 17.8. The number of fused-ring (bicyclic) bond motifs is 3. The van der Waals surface area contributed by atoms with Crippen molar-refractivity contribution >= 4 is 23.5 Å². The van der Waals surface area contributed by atoms with Crippen molar-refractivity contribution in [2.75, 3.05) is 25.1 Å². The number of carbonyl (C=O) groups is 3. The molecule has 3 aliphatic heterocycles. The number of rotatable bonds is 10. The van der Waals surface area contributed by atoms with Crippen LogP contribution >= 0.6 is 0 Å². The highest BCUT2D eigenvalue weighted by Gasteiger charge is 2.74. The third-order valence-electron chi connectivity index (χ3n) is 13.2. The first-order chi connectivity index (χ1) is 30.7. The van der Waals surface area contributed by atoms with E-state index < -0.39 is 65.1 Å². The summed E-state index contributed by atoms with van der Waals surface area (Å²) in [5.41, 5.74) is 1.03. The minimum atomic E-state index is -1.84. The molecular weight excluding hydrogens is 795 g/mol. The van der Waals surface area contributed by atoms with Crippen LogP contribution in [0.25, 0.3) is 0 Å². The third kappa shape index (κ3) is 7.78. The van der Waals surface area contributed by atoms with Gasteiger partial charge in [0.05, 0.1) is 30.7 Å². The van der Waals surface area contributed by atoms with Crippen LogP contribution in [-0.2, 0) is 24.5 Å². The zero-order valence-corrected chi connectivity index (χ0v) is 34.9. The molecule has 1 aliphatic carbocycles. The number of benzene rings is 5. The average Bonchev–Trinajstić information content (AvgIpc) is 3.68. The van der Waals surface area contributed by atoms with Crippen LogP contribution in [0, 0.1) is 17.8 Å². The zero-order chi connectivity index (χ0) is 43.6. The number of aliphatic hydroxyl groups excluding tert-OH is 2. The lowest BCUT2D eigenvalue weighted by molar-refractivity contribution is -0.178. The molecule has 0 radical (unpaired) electrons. The fourth-order valence-corrected chi connectivity index (χ4v) is 10.4. The van der Waals surface area contributed by atoms with Gasteiger partial charge in [0.15, 0.2) is 0 Å². The highest BCUT2D eigenvalue weighted by Crippen LogP contribution is 2.65. The Labute approximate surface area is 367 Å². The van der Waals surface area contributed by atoms with Crippen LogP contribution in [-0.4, -0.2) is 69.4 Å². The number of anilines is 1. The topological polar surface area (TPSA) is 158 Å². The molecule has 7 atom stereocenters. The van der Waals surface area contributed by atoms with Gasteiger partial charge in [0.25, 0.3) is 0 Å². The maximum atomic E-state index is 15.6. The van der Waals surface area contributed by atoms with Crippen molar-refractivity contribution in [1.82, 2.24) is 10.2 Å². The molecule has 5 aromatic carbocycles. The molecule has 3 fully saturated rings. The number of cyclic esters (lactones) is 1. The number of carbonyl (C=O) groups excluding carboxylic acids is 3. The summed E-state index contributed by atoms with van der Waals surface area (Å²) in [7, 11) is 0. The standard InChI is InChI=1S/C52H51N3O8/c56-30-31-62-42-23-13-12-22-38(42)47-52(39-32-34(24-25-40(39)54-50(52)60)26-29-51(61)27-14-1-2-15-28-51)43(48(58)53-33-41(57)35-16-6-3-7-17-35)45-49(59)63-46(37-20-10-5-11-21-37)44(55(45)47)36-18-8-4-9-19-36/h3-13,16-25,32,41,43-47,56-57,61H,1-2,14-15,27-28,30-31,33H2,(H,53,58)(H,54,60)/t41-,43-,44-,45-,46+,47+,52-/m0/s1. The molecule has 5 aromatic rings. The van der Waals surface area contributed by atoms with E-state index in [2.05, 4.69) is 22.5 Å². The molecule has 63 heavy (non-hydrogen) atoms. The maximum absolute atomic E-state index is 15.6. The Kier molecular flexibility index (Phi) is 11.9. The van der Waals surface area contributed by atoms with Crippen LogP contribution in [0.5, 0.6) is 5.75 Å². The number of hydrogen-bond acceptors (Lipinski definition) is 9. The number of morpholine rings is 1. The molecule has 0 unspecified atom stereocenters. The Morgan fingerprint density at radius 2 is 1.49 bits per heavy atom. The maximum Gasteiger partial charge on any atom is 0.324 e. The Morgan fingerprint density at radius 1 is 0.841 bits per heavy atom. The molecule has 11 heteroatoms. The Balaban J connectivity index is 1.29. The van der Waals surface area contributed by atoms with Crippen LogP contribution in [0.4, 0.5) is 5.69 Å². The van der Waals surface area contributed by atoms with Crippen LogP contribution in [0.3, 0.4) is 0 Å². The lowest BCUT2D eigenvalue weighted by atomic mass is 9.65. The average molecular weight is 846 g/mol. The first kappa shape index (κ1) is 42.0. The predicted octanol–water partition coefficient (Wildman–Crippen LogP) is 6.62. The summed E-state index contributed by atoms with van der Waals surface area (Å²) in [6.45, 7) is -0.535. The lowest BCUT2D eigenvalue weighted by Gasteiger charge is -2.46. The fourth-order valence-electron chi connectivity index (χ4n) is 10.4. The van der Waals surface area contributed by atoms with Gasteiger partial charge < -0.3 is 35.4 Å². The molecule has 2 saturated heterocycles. The van der Waals surface area contributed by atoms with Crippen molar-refractivity contribution in [2.24, 2.45) is 5.92 Å². The molecule has 5 N–H and O–H groups in total. The van der Waals surface area contributed by atoms with Gasteiger partial charge in [-0.05, 0) is 72.2 Å². The van der Waals surface area contributed by atoms with Gasteiger partial charge in [0.1, 0.15) is 35.5 Å². The number of amides is 2. The van der Waals surface area contributed by atoms with E-state index in [0.717, 1.165) is 36.8 Å². The Bertz CT molecular complexity index is 2520. The number of hydrogen-bond donors (Lipinski definition) is 5.